The van der Waals surface area contributed by atoms with Crippen LogP contribution in [0.5, 0.6) is 0 Å². The van der Waals surface area contributed by atoms with E-state index in [4.69, 9.17) is 21.7 Å². The summed E-state index contributed by atoms with van der Waals surface area (Å²) in [6.07, 6.45) is 0.824. The summed E-state index contributed by atoms with van der Waals surface area (Å²) >= 11 is 6.42. The molecular formula is C18H24N4O4S2. The van der Waals surface area contributed by atoms with Gasteiger partial charge in [-0.05, 0) is 51.0 Å². The predicted octanol–water partition coefficient (Wildman–Crippen LogP) is 2.82. The number of aromatic nitrogens is 2. The van der Waals surface area contributed by atoms with Gasteiger partial charge in [0.25, 0.3) is 0 Å². The first-order valence-electron chi connectivity index (χ1n) is 8.64. The highest BCUT2D eigenvalue weighted by Crippen LogP contribution is 2.34. The molecule has 0 aliphatic heterocycles. The van der Waals surface area contributed by atoms with Crippen LogP contribution < -0.4 is 10.6 Å². The lowest BCUT2D eigenvalue weighted by Gasteiger charge is -2.11. The Bertz CT molecular complexity index is 889. The molecule has 2 rings (SSSR count). The third kappa shape index (κ3) is 5.08. The van der Waals surface area contributed by atoms with Crippen molar-refractivity contribution >= 4 is 45.6 Å². The van der Waals surface area contributed by atoms with Crippen molar-refractivity contribution in [3.63, 3.8) is 0 Å². The molecule has 0 saturated heterocycles. The largest absolute Gasteiger partial charge is 0.465 e. The van der Waals surface area contributed by atoms with Gasteiger partial charge < -0.3 is 20.1 Å². The molecule has 0 aromatic carbocycles. The number of anilines is 1. The summed E-state index contributed by atoms with van der Waals surface area (Å²) in [4.78, 5) is 24.4. The van der Waals surface area contributed by atoms with Crippen LogP contribution in [0, 0.1) is 20.8 Å². The number of hydrogen-bond acceptors (Lipinski definition) is 7. The lowest BCUT2D eigenvalue weighted by Crippen LogP contribution is -2.30. The van der Waals surface area contributed by atoms with Crippen LogP contribution >= 0.6 is 23.6 Å². The van der Waals surface area contributed by atoms with E-state index in [0.717, 1.165) is 35.7 Å². The lowest BCUT2D eigenvalue weighted by molar-refractivity contribution is 0.0601. The Hall–Kier alpha value is -2.46. The second-order valence-electron chi connectivity index (χ2n) is 6.13. The van der Waals surface area contributed by atoms with Gasteiger partial charge in [0.2, 0.25) is 0 Å². The van der Waals surface area contributed by atoms with Gasteiger partial charge in [0.1, 0.15) is 9.88 Å². The van der Waals surface area contributed by atoms with Gasteiger partial charge in [0, 0.05) is 18.8 Å². The van der Waals surface area contributed by atoms with Gasteiger partial charge in [-0.2, -0.15) is 5.10 Å². The lowest BCUT2D eigenvalue weighted by atomic mass is 10.1. The molecule has 2 N–H and O–H groups in total. The summed E-state index contributed by atoms with van der Waals surface area (Å²) in [5.41, 5.74) is 2.89. The summed E-state index contributed by atoms with van der Waals surface area (Å²) in [5, 5.41) is 11.3. The van der Waals surface area contributed by atoms with E-state index in [0.29, 0.717) is 27.1 Å². The van der Waals surface area contributed by atoms with E-state index in [1.54, 1.807) is 6.92 Å². The van der Waals surface area contributed by atoms with Crippen molar-refractivity contribution in [2.24, 2.45) is 0 Å². The minimum Gasteiger partial charge on any atom is -0.465 e. The zero-order valence-corrected chi connectivity index (χ0v) is 18.2. The van der Waals surface area contributed by atoms with Crippen LogP contribution in [0.1, 0.15) is 43.4 Å². The molecule has 0 unspecified atom stereocenters. The molecule has 10 heteroatoms. The molecule has 2 aromatic heterocycles. The van der Waals surface area contributed by atoms with Gasteiger partial charge in [-0.15, -0.1) is 11.3 Å². The maximum absolute atomic E-state index is 12.1. The smallest absolute Gasteiger partial charge is 0.348 e. The molecule has 0 aliphatic carbocycles. The van der Waals surface area contributed by atoms with E-state index in [-0.39, 0.29) is 5.56 Å². The van der Waals surface area contributed by atoms with Crippen LogP contribution in [-0.4, -0.2) is 47.6 Å². The van der Waals surface area contributed by atoms with E-state index in [9.17, 15) is 9.59 Å². The number of carbonyl (C=O) groups excluding carboxylic acids is 2. The standard InChI is InChI=1S/C18H24N4O4S2/c1-10-9-11(2)22(21-10)8-6-7-19-18(27)20-15-13(16(23)25-4)12(3)14(28-15)17(24)26-5/h9H,6-8H2,1-5H3,(H2,19,20,27). The SMILES string of the molecule is COC(=O)c1sc(NC(=S)NCCCn2nc(C)cc2C)c(C(=O)OC)c1C. The molecule has 0 aliphatic rings. The van der Waals surface area contributed by atoms with Crippen LogP contribution in [0.4, 0.5) is 5.00 Å². The quantitative estimate of drug-likeness (QED) is 0.398. The third-order valence-corrected chi connectivity index (χ3v) is 5.50. The van der Waals surface area contributed by atoms with Gasteiger partial charge >= 0.3 is 11.9 Å². The number of nitrogens with zero attached hydrogens (tertiary/aromatic N) is 2. The molecule has 0 saturated carbocycles. The normalized spacial score (nSPS) is 10.5. The maximum Gasteiger partial charge on any atom is 0.348 e. The number of hydrogen-bond donors (Lipinski definition) is 2. The van der Waals surface area contributed by atoms with E-state index < -0.39 is 11.9 Å². The highest BCUT2D eigenvalue weighted by Gasteiger charge is 2.26. The van der Waals surface area contributed by atoms with E-state index in [2.05, 4.69) is 15.7 Å². The predicted molar refractivity (Wildman–Crippen MR) is 112 cm³/mol. The topological polar surface area (TPSA) is 94.5 Å². The summed E-state index contributed by atoms with van der Waals surface area (Å²) in [7, 11) is 2.58. The Morgan fingerprint density at radius 3 is 2.46 bits per heavy atom. The van der Waals surface area contributed by atoms with Crippen molar-refractivity contribution in [3.05, 3.63) is 33.5 Å². The van der Waals surface area contributed by atoms with Crippen LogP contribution in [0.3, 0.4) is 0 Å². The average molecular weight is 425 g/mol. The van der Waals surface area contributed by atoms with Gasteiger partial charge in [-0.1, -0.05) is 0 Å². The number of carbonyl (C=O) groups is 2. The first kappa shape index (κ1) is 21.8. The number of aryl methyl sites for hydroxylation is 3. The van der Waals surface area contributed by atoms with Crippen LogP contribution in [0.25, 0.3) is 0 Å². The fourth-order valence-electron chi connectivity index (χ4n) is 2.72. The molecule has 2 heterocycles. The van der Waals surface area contributed by atoms with Crippen LogP contribution in [0.15, 0.2) is 6.07 Å². The minimum atomic E-state index is -0.543. The number of esters is 2. The van der Waals surface area contributed by atoms with Crippen molar-refractivity contribution in [2.75, 3.05) is 26.1 Å². The van der Waals surface area contributed by atoms with Crippen molar-refractivity contribution in [3.8, 4) is 0 Å². The highest BCUT2D eigenvalue weighted by atomic mass is 32.1. The van der Waals surface area contributed by atoms with E-state index in [1.165, 1.54) is 14.2 Å². The highest BCUT2D eigenvalue weighted by molar-refractivity contribution is 7.80. The molecule has 0 radical (unpaired) electrons. The number of ether oxygens (including phenoxy) is 2. The molecule has 8 nitrogen and oxygen atoms in total. The first-order chi connectivity index (χ1) is 13.3. The monoisotopic (exact) mass is 424 g/mol. The first-order valence-corrected chi connectivity index (χ1v) is 9.86. The Morgan fingerprint density at radius 2 is 1.89 bits per heavy atom. The van der Waals surface area contributed by atoms with Crippen molar-refractivity contribution < 1.29 is 19.1 Å². The zero-order valence-electron chi connectivity index (χ0n) is 16.5. The summed E-state index contributed by atoms with van der Waals surface area (Å²) < 4.78 is 11.6. The number of nitrogens with one attached hydrogen (secondary N) is 2. The Balaban J connectivity index is 1.99. The van der Waals surface area contributed by atoms with Gasteiger partial charge in [-0.25, -0.2) is 9.59 Å². The molecule has 0 atom stereocenters. The number of thiocarbonyl (C=S) groups is 1. The fourth-order valence-corrected chi connectivity index (χ4v) is 4.10. The van der Waals surface area contributed by atoms with Crippen molar-refractivity contribution in [2.45, 2.75) is 33.7 Å². The number of methoxy groups -OCH3 is 2. The molecule has 0 amide bonds. The second-order valence-corrected chi connectivity index (χ2v) is 7.56. The second kappa shape index (κ2) is 9.65. The van der Waals surface area contributed by atoms with Gasteiger partial charge in [0.15, 0.2) is 5.11 Å². The van der Waals surface area contributed by atoms with E-state index >= 15 is 0 Å². The molecule has 28 heavy (non-hydrogen) atoms. The third-order valence-electron chi connectivity index (χ3n) is 4.07. The molecule has 0 spiro atoms. The van der Waals surface area contributed by atoms with Crippen molar-refractivity contribution in [1.82, 2.24) is 15.1 Å². The summed E-state index contributed by atoms with van der Waals surface area (Å²) in [6, 6.07) is 2.03. The summed E-state index contributed by atoms with van der Waals surface area (Å²) in [5.74, 6) is -1.05. The van der Waals surface area contributed by atoms with Crippen molar-refractivity contribution in [1.29, 1.82) is 0 Å². The fraction of sp³-hybridized carbons (Fsp3) is 0.444. The van der Waals surface area contributed by atoms with Crippen LogP contribution in [0.2, 0.25) is 0 Å². The minimum absolute atomic E-state index is 0.277. The number of thiophene rings is 1. The molecule has 0 fully saturated rings. The Labute approximate surface area is 173 Å². The molecule has 2 aromatic rings. The van der Waals surface area contributed by atoms with Gasteiger partial charge in [-0.3, -0.25) is 4.68 Å². The summed E-state index contributed by atoms with van der Waals surface area (Å²) in [6.45, 7) is 7.06. The maximum atomic E-state index is 12.1. The molecular weight excluding hydrogens is 400 g/mol. The van der Waals surface area contributed by atoms with E-state index in [1.807, 2.05) is 24.6 Å². The van der Waals surface area contributed by atoms with Gasteiger partial charge in [0.05, 0.1) is 25.5 Å². The van der Waals surface area contributed by atoms with Crippen LogP contribution in [-0.2, 0) is 16.0 Å². The Morgan fingerprint density at radius 1 is 1.21 bits per heavy atom. The molecule has 152 valence electrons. The number of rotatable bonds is 7. The molecule has 0 bridgehead atoms. The average Bonchev–Trinajstić information content (AvgIpc) is 3.15. The zero-order chi connectivity index (χ0) is 20.8. The Kier molecular flexibility index (Phi) is 7.53.